The molecule has 0 bridgehead atoms. The van der Waals surface area contributed by atoms with Crippen LogP contribution < -0.4 is 5.32 Å². The highest BCUT2D eigenvalue weighted by molar-refractivity contribution is 6.01. The van der Waals surface area contributed by atoms with Crippen LogP contribution in [0.15, 0.2) is 30.3 Å². The lowest BCUT2D eigenvalue weighted by molar-refractivity contribution is -0.134. The van der Waals surface area contributed by atoms with Crippen molar-refractivity contribution in [2.24, 2.45) is 5.92 Å². The minimum atomic E-state index is -0.175. The van der Waals surface area contributed by atoms with Crippen LogP contribution in [0.25, 0.3) is 0 Å². The zero-order valence-corrected chi connectivity index (χ0v) is 12.0. The van der Waals surface area contributed by atoms with Gasteiger partial charge in [0.2, 0.25) is 5.91 Å². The summed E-state index contributed by atoms with van der Waals surface area (Å²) in [6, 6.07) is 9.97. The fourth-order valence-corrected chi connectivity index (χ4v) is 2.19. The van der Waals surface area contributed by atoms with E-state index in [1.807, 2.05) is 30.3 Å². The minimum Gasteiger partial charge on any atom is -0.379 e. The average molecular weight is 291 g/mol. The van der Waals surface area contributed by atoms with Crippen molar-refractivity contribution in [3.05, 3.63) is 35.9 Å². The van der Waals surface area contributed by atoms with E-state index >= 15 is 0 Å². The van der Waals surface area contributed by atoms with Gasteiger partial charge in [0.05, 0.1) is 26.2 Å². The molecular formula is C16H21NO4. The van der Waals surface area contributed by atoms with Crippen LogP contribution in [0.1, 0.15) is 18.4 Å². The summed E-state index contributed by atoms with van der Waals surface area (Å²) in [5, 5.41) is 2.70. The number of rotatable bonds is 8. The van der Waals surface area contributed by atoms with Gasteiger partial charge in [0.25, 0.3) is 0 Å². The number of carbonyl (C=O) groups is 2. The van der Waals surface area contributed by atoms with E-state index in [0.717, 1.165) is 5.56 Å². The first-order chi connectivity index (χ1) is 10.3. The lowest BCUT2D eigenvalue weighted by Gasteiger charge is -2.20. The number of Topliss-reactive ketones (excluding diaryl/α,β-unsaturated/α-hetero) is 1. The van der Waals surface area contributed by atoms with Crippen LogP contribution in [-0.4, -0.2) is 38.1 Å². The highest BCUT2D eigenvalue weighted by atomic mass is 16.5. The molecule has 1 aromatic carbocycles. The largest absolute Gasteiger partial charge is 0.379 e. The summed E-state index contributed by atoms with van der Waals surface area (Å²) in [4.78, 5) is 22.6. The van der Waals surface area contributed by atoms with Crippen LogP contribution in [0.5, 0.6) is 0 Å². The second kappa shape index (κ2) is 8.54. The molecule has 0 radical (unpaired) electrons. The molecule has 1 saturated heterocycles. The number of carbonyl (C=O) groups excluding carboxylic acids is 2. The molecule has 1 fully saturated rings. The van der Waals surface area contributed by atoms with Crippen LogP contribution in [-0.2, 0) is 25.7 Å². The normalized spacial score (nSPS) is 18.6. The Kier molecular flexibility index (Phi) is 6.37. The monoisotopic (exact) mass is 291 g/mol. The molecule has 5 nitrogen and oxygen atoms in total. The predicted molar refractivity (Wildman–Crippen MR) is 77.7 cm³/mol. The van der Waals surface area contributed by atoms with Crippen molar-refractivity contribution < 1.29 is 19.1 Å². The number of ketones is 1. The third kappa shape index (κ3) is 5.65. The predicted octanol–water partition coefficient (Wildman–Crippen LogP) is 1.32. The van der Waals surface area contributed by atoms with E-state index in [1.165, 1.54) is 0 Å². The van der Waals surface area contributed by atoms with Crippen LogP contribution in [0.2, 0.25) is 0 Å². The number of benzene rings is 1. The maximum atomic E-state index is 11.6. The first-order valence-electron chi connectivity index (χ1n) is 7.24. The molecule has 1 heterocycles. The number of nitrogens with one attached hydrogen (secondary N) is 1. The Labute approximate surface area is 124 Å². The maximum absolute atomic E-state index is 11.6. The Morgan fingerprint density at radius 3 is 2.57 bits per heavy atom. The Morgan fingerprint density at radius 1 is 1.05 bits per heavy atom. The van der Waals surface area contributed by atoms with E-state index in [1.54, 1.807) is 0 Å². The Hall–Kier alpha value is -1.72. The number of piperidine rings is 1. The molecule has 1 N–H and O–H groups in total. The van der Waals surface area contributed by atoms with Gasteiger partial charge in [-0.15, -0.1) is 0 Å². The van der Waals surface area contributed by atoms with Crippen LogP contribution >= 0.6 is 0 Å². The average Bonchev–Trinajstić information content (AvgIpc) is 2.49. The lowest BCUT2D eigenvalue weighted by Crippen LogP contribution is -2.41. The summed E-state index contributed by atoms with van der Waals surface area (Å²) in [5.74, 6) is -0.262. The van der Waals surface area contributed by atoms with Crippen molar-refractivity contribution in [2.45, 2.75) is 19.4 Å². The first-order valence-corrected chi connectivity index (χ1v) is 7.24. The van der Waals surface area contributed by atoms with E-state index in [2.05, 4.69) is 5.32 Å². The summed E-state index contributed by atoms with van der Waals surface area (Å²) in [6.07, 6.45) is 0.655. The molecule has 5 heteroatoms. The van der Waals surface area contributed by atoms with Gasteiger partial charge in [-0.2, -0.15) is 0 Å². The molecule has 1 aliphatic heterocycles. The van der Waals surface area contributed by atoms with Gasteiger partial charge in [-0.3, -0.25) is 9.59 Å². The molecule has 0 aromatic heterocycles. The molecule has 0 spiro atoms. The fourth-order valence-electron chi connectivity index (χ4n) is 2.19. The number of ether oxygens (including phenoxy) is 2. The van der Waals surface area contributed by atoms with E-state index in [4.69, 9.17) is 9.47 Å². The summed E-state index contributed by atoms with van der Waals surface area (Å²) in [7, 11) is 0. The van der Waals surface area contributed by atoms with Gasteiger partial charge >= 0.3 is 0 Å². The maximum Gasteiger partial charge on any atom is 0.227 e. The Bertz CT molecular complexity index is 461. The number of amides is 1. The quantitative estimate of drug-likeness (QED) is 0.579. The summed E-state index contributed by atoms with van der Waals surface area (Å²) in [5.41, 5.74) is 1.14. The zero-order valence-electron chi connectivity index (χ0n) is 12.0. The van der Waals surface area contributed by atoms with E-state index in [0.29, 0.717) is 39.4 Å². The molecule has 1 unspecified atom stereocenters. The molecule has 2 rings (SSSR count). The van der Waals surface area contributed by atoms with Gasteiger partial charge in [-0.05, 0) is 12.0 Å². The molecule has 1 amide bonds. The minimum absolute atomic E-state index is 0.00481. The van der Waals surface area contributed by atoms with Crippen molar-refractivity contribution in [1.82, 2.24) is 5.32 Å². The molecule has 1 aliphatic rings. The third-order valence-corrected chi connectivity index (χ3v) is 3.43. The second-order valence-corrected chi connectivity index (χ2v) is 5.08. The lowest BCUT2D eigenvalue weighted by atomic mass is 9.95. The summed E-state index contributed by atoms with van der Waals surface area (Å²) in [6.45, 7) is 2.58. The summed E-state index contributed by atoms with van der Waals surface area (Å²) >= 11 is 0. The van der Waals surface area contributed by atoms with Crippen LogP contribution in [0.3, 0.4) is 0 Å². The van der Waals surface area contributed by atoms with Crippen molar-refractivity contribution in [2.75, 3.05) is 26.4 Å². The molecule has 21 heavy (non-hydrogen) atoms. The van der Waals surface area contributed by atoms with Crippen molar-refractivity contribution >= 4 is 11.7 Å². The molecule has 1 aromatic rings. The van der Waals surface area contributed by atoms with Gasteiger partial charge in [-0.1, -0.05) is 30.3 Å². The molecular weight excluding hydrogens is 270 g/mol. The third-order valence-electron chi connectivity index (χ3n) is 3.43. The van der Waals surface area contributed by atoms with E-state index in [9.17, 15) is 9.59 Å². The highest BCUT2D eigenvalue weighted by Gasteiger charge is 2.25. The SMILES string of the molecule is O=C1CC(=O)C(CCOCCOCc2ccccc2)CN1. The van der Waals surface area contributed by atoms with Crippen molar-refractivity contribution in [3.8, 4) is 0 Å². The van der Waals surface area contributed by atoms with E-state index < -0.39 is 0 Å². The van der Waals surface area contributed by atoms with E-state index in [-0.39, 0.29) is 24.0 Å². The summed E-state index contributed by atoms with van der Waals surface area (Å²) < 4.78 is 11.0. The smallest absolute Gasteiger partial charge is 0.227 e. The number of hydrogen-bond donors (Lipinski definition) is 1. The number of hydrogen-bond acceptors (Lipinski definition) is 4. The van der Waals surface area contributed by atoms with Gasteiger partial charge in [0.1, 0.15) is 5.78 Å². The van der Waals surface area contributed by atoms with Gasteiger partial charge in [0, 0.05) is 19.1 Å². The van der Waals surface area contributed by atoms with Crippen molar-refractivity contribution in [3.63, 3.8) is 0 Å². The first kappa shape index (κ1) is 15.7. The zero-order chi connectivity index (χ0) is 14.9. The second-order valence-electron chi connectivity index (χ2n) is 5.08. The fraction of sp³-hybridized carbons (Fsp3) is 0.500. The van der Waals surface area contributed by atoms with Gasteiger partial charge < -0.3 is 14.8 Å². The standard InChI is InChI=1S/C16H21NO4/c18-15-10-16(19)17-11-14(15)6-7-20-8-9-21-12-13-4-2-1-3-5-13/h1-5,14H,6-12H2,(H,17,19). The van der Waals surface area contributed by atoms with Crippen molar-refractivity contribution in [1.29, 1.82) is 0 Å². The topological polar surface area (TPSA) is 64.6 Å². The van der Waals surface area contributed by atoms with Crippen LogP contribution in [0.4, 0.5) is 0 Å². The Balaban J connectivity index is 1.49. The molecule has 114 valence electrons. The Morgan fingerprint density at radius 2 is 1.81 bits per heavy atom. The van der Waals surface area contributed by atoms with Gasteiger partial charge in [-0.25, -0.2) is 0 Å². The highest BCUT2D eigenvalue weighted by Crippen LogP contribution is 2.11. The molecule has 0 saturated carbocycles. The molecule has 1 atom stereocenters. The van der Waals surface area contributed by atoms with Crippen LogP contribution in [0, 0.1) is 5.92 Å². The van der Waals surface area contributed by atoms with Gasteiger partial charge in [0.15, 0.2) is 0 Å². The molecule has 0 aliphatic carbocycles.